The Morgan fingerprint density at radius 2 is 1.81 bits per heavy atom. The minimum atomic E-state index is -5.05. The van der Waals surface area contributed by atoms with Gasteiger partial charge in [-0.05, 0) is 19.1 Å². The normalized spacial score (nSPS) is 12.6. The average molecular weight is 390 g/mol. The van der Waals surface area contributed by atoms with Crippen LogP contribution in [0.1, 0.15) is 34.6 Å². The Morgan fingerprint density at radius 3 is 2.37 bits per heavy atom. The highest BCUT2D eigenvalue weighted by Gasteiger charge is 2.35. The highest BCUT2D eigenvalue weighted by molar-refractivity contribution is 5.92. The number of anilines is 1. The van der Waals surface area contributed by atoms with Crippen LogP contribution in [0.2, 0.25) is 0 Å². The Labute approximate surface area is 150 Å². The van der Waals surface area contributed by atoms with Gasteiger partial charge in [0, 0.05) is 25.7 Å². The number of aromatic amines is 1. The van der Waals surface area contributed by atoms with Crippen LogP contribution in [0.5, 0.6) is 0 Å². The number of H-pyrrole nitrogens is 1. The fraction of sp³-hybridized carbons (Fsp3) is 0.312. The molecule has 2 rings (SSSR count). The molecule has 27 heavy (non-hydrogen) atoms. The summed E-state index contributed by atoms with van der Waals surface area (Å²) in [6.07, 6.45) is -5.05. The first-order chi connectivity index (χ1) is 12.4. The maximum Gasteiger partial charge on any atom is 0.419 e. The van der Waals surface area contributed by atoms with Crippen LogP contribution in [-0.2, 0) is 6.18 Å². The van der Waals surface area contributed by atoms with Crippen LogP contribution in [-0.4, -0.2) is 30.0 Å². The number of nitrogens with one attached hydrogen (secondary N) is 2. The first kappa shape index (κ1) is 20.3. The lowest BCUT2D eigenvalue weighted by Gasteiger charge is -2.17. The highest BCUT2D eigenvalue weighted by Crippen LogP contribution is 2.33. The third kappa shape index (κ3) is 4.60. The van der Waals surface area contributed by atoms with Crippen LogP contribution < -0.4 is 15.8 Å². The first-order valence-corrected chi connectivity index (χ1v) is 7.56. The monoisotopic (exact) mass is 390 g/mol. The van der Waals surface area contributed by atoms with Crippen molar-refractivity contribution >= 4 is 11.9 Å². The topological polar surface area (TPSA) is 78.1 Å². The lowest BCUT2D eigenvalue weighted by atomic mass is 10.0. The number of amides is 1. The van der Waals surface area contributed by atoms with Crippen molar-refractivity contribution in [3.63, 3.8) is 0 Å². The summed E-state index contributed by atoms with van der Waals surface area (Å²) >= 11 is 0. The molecule has 0 fully saturated rings. The van der Waals surface area contributed by atoms with E-state index < -0.39 is 46.4 Å². The molecule has 2 aromatic rings. The molecular weight excluding hydrogens is 375 g/mol. The van der Waals surface area contributed by atoms with Crippen molar-refractivity contribution in [2.24, 2.45) is 0 Å². The van der Waals surface area contributed by atoms with E-state index in [4.69, 9.17) is 0 Å². The highest BCUT2D eigenvalue weighted by atomic mass is 19.4. The molecule has 1 aromatic heterocycles. The smallest absolute Gasteiger partial charge is 0.348 e. The van der Waals surface area contributed by atoms with Crippen LogP contribution in [0.3, 0.4) is 0 Å². The van der Waals surface area contributed by atoms with Gasteiger partial charge in [-0.15, -0.1) is 0 Å². The van der Waals surface area contributed by atoms with E-state index >= 15 is 0 Å². The fourth-order valence-corrected chi connectivity index (χ4v) is 2.23. The average Bonchev–Trinajstić information content (AvgIpc) is 2.54. The van der Waals surface area contributed by atoms with Gasteiger partial charge >= 0.3 is 6.18 Å². The molecule has 146 valence electrons. The van der Waals surface area contributed by atoms with Gasteiger partial charge in [-0.1, -0.05) is 0 Å². The molecule has 1 aromatic carbocycles. The van der Waals surface area contributed by atoms with Crippen LogP contribution in [0.4, 0.5) is 27.9 Å². The Morgan fingerprint density at radius 1 is 1.19 bits per heavy atom. The maximum absolute atomic E-state index is 14.0. The predicted molar refractivity (Wildman–Crippen MR) is 86.4 cm³/mol. The molecule has 6 nitrogen and oxygen atoms in total. The molecule has 1 atom stereocenters. The number of rotatable bonds is 4. The van der Waals surface area contributed by atoms with Gasteiger partial charge in [0.05, 0.1) is 11.6 Å². The molecule has 1 heterocycles. The number of hydrogen-bond donors (Lipinski definition) is 2. The molecule has 0 saturated heterocycles. The van der Waals surface area contributed by atoms with Gasteiger partial charge in [-0.3, -0.25) is 14.6 Å². The number of halogens is 5. The molecule has 0 aliphatic heterocycles. The Hall–Kier alpha value is -2.98. The summed E-state index contributed by atoms with van der Waals surface area (Å²) < 4.78 is 65.5. The summed E-state index contributed by atoms with van der Waals surface area (Å²) in [5.41, 5.74) is -3.12. The molecule has 0 saturated carbocycles. The van der Waals surface area contributed by atoms with Gasteiger partial charge in [0.2, 0.25) is 5.95 Å². The van der Waals surface area contributed by atoms with E-state index in [1.807, 2.05) is 0 Å². The summed E-state index contributed by atoms with van der Waals surface area (Å²) in [5, 5.41) is 2.27. The molecule has 1 unspecified atom stereocenters. The maximum atomic E-state index is 14.0. The minimum absolute atomic E-state index is 0.0307. The standard InChI is InChI=1S/C16H15F5N4O2/c1-7(8-4-11(18)9(5-10(8)17)16(19,20)21)22-14(27)12-6-13(26)24-15(23-12)25(2)3/h4-7H,1-3H3,(H,22,27)(H,23,24,26). The Bertz CT molecular complexity index is 924. The van der Waals surface area contributed by atoms with Crippen molar-refractivity contribution in [2.75, 3.05) is 19.0 Å². The Kier molecular flexibility index (Phi) is 5.52. The number of carbonyl (C=O) groups excluding carboxylic acids is 1. The van der Waals surface area contributed by atoms with E-state index in [-0.39, 0.29) is 17.7 Å². The van der Waals surface area contributed by atoms with Crippen LogP contribution in [0.15, 0.2) is 23.0 Å². The number of hydrogen-bond acceptors (Lipinski definition) is 4. The number of carbonyl (C=O) groups is 1. The van der Waals surface area contributed by atoms with Gasteiger partial charge in [0.15, 0.2) is 0 Å². The molecular formula is C16H15F5N4O2. The van der Waals surface area contributed by atoms with Crippen LogP contribution in [0, 0.1) is 11.6 Å². The number of aromatic nitrogens is 2. The van der Waals surface area contributed by atoms with Crippen molar-refractivity contribution in [1.82, 2.24) is 15.3 Å². The second-order valence-corrected chi connectivity index (χ2v) is 5.90. The second kappa shape index (κ2) is 7.33. The lowest BCUT2D eigenvalue weighted by Crippen LogP contribution is -2.30. The Balaban J connectivity index is 2.30. The second-order valence-electron chi connectivity index (χ2n) is 5.90. The van der Waals surface area contributed by atoms with Gasteiger partial charge in [0.1, 0.15) is 17.3 Å². The quantitative estimate of drug-likeness (QED) is 0.787. The number of nitrogens with zero attached hydrogens (tertiary/aromatic N) is 2. The fourth-order valence-electron chi connectivity index (χ4n) is 2.23. The molecule has 0 radical (unpaired) electrons. The molecule has 11 heteroatoms. The summed E-state index contributed by atoms with van der Waals surface area (Å²) in [6, 6.07) is 0.125. The van der Waals surface area contributed by atoms with E-state index in [9.17, 15) is 31.5 Å². The van der Waals surface area contributed by atoms with Crippen molar-refractivity contribution < 1.29 is 26.7 Å². The molecule has 0 spiro atoms. The van der Waals surface area contributed by atoms with Crippen LogP contribution >= 0.6 is 0 Å². The zero-order valence-electron chi connectivity index (χ0n) is 14.4. The number of benzene rings is 1. The zero-order valence-corrected chi connectivity index (χ0v) is 14.4. The zero-order chi connectivity index (χ0) is 20.5. The predicted octanol–water partition coefficient (Wildman–Crippen LogP) is 2.62. The third-order valence-corrected chi connectivity index (χ3v) is 3.59. The largest absolute Gasteiger partial charge is 0.419 e. The molecule has 0 aliphatic carbocycles. The molecule has 2 N–H and O–H groups in total. The summed E-state index contributed by atoms with van der Waals surface area (Å²) in [6.45, 7) is 1.25. The van der Waals surface area contributed by atoms with Gasteiger partial charge in [0.25, 0.3) is 11.5 Å². The van der Waals surface area contributed by atoms with Gasteiger partial charge in [-0.25, -0.2) is 13.8 Å². The molecule has 0 aliphatic rings. The van der Waals surface area contributed by atoms with E-state index in [2.05, 4.69) is 15.3 Å². The molecule has 1 amide bonds. The van der Waals surface area contributed by atoms with Crippen molar-refractivity contribution in [1.29, 1.82) is 0 Å². The van der Waals surface area contributed by atoms with Crippen molar-refractivity contribution in [3.05, 3.63) is 57.0 Å². The van der Waals surface area contributed by atoms with Crippen LogP contribution in [0.25, 0.3) is 0 Å². The SMILES string of the molecule is CC(NC(=O)c1cc(=O)[nH]c(N(C)C)n1)c1cc(F)c(C(F)(F)F)cc1F. The van der Waals surface area contributed by atoms with Crippen molar-refractivity contribution in [3.8, 4) is 0 Å². The third-order valence-electron chi connectivity index (χ3n) is 3.59. The summed E-state index contributed by atoms with van der Waals surface area (Å²) in [7, 11) is 3.14. The lowest BCUT2D eigenvalue weighted by molar-refractivity contribution is -0.140. The van der Waals surface area contributed by atoms with Gasteiger partial charge < -0.3 is 10.2 Å². The minimum Gasteiger partial charge on any atom is -0.348 e. The van der Waals surface area contributed by atoms with Crippen molar-refractivity contribution in [2.45, 2.75) is 19.1 Å². The van der Waals surface area contributed by atoms with Gasteiger partial charge in [-0.2, -0.15) is 13.2 Å². The van der Waals surface area contributed by atoms with E-state index in [1.165, 1.54) is 11.8 Å². The number of alkyl halides is 3. The van der Waals surface area contributed by atoms with E-state index in [1.54, 1.807) is 14.1 Å². The van der Waals surface area contributed by atoms with E-state index in [0.717, 1.165) is 6.07 Å². The van der Waals surface area contributed by atoms with E-state index in [0.29, 0.717) is 6.07 Å². The first-order valence-electron chi connectivity index (χ1n) is 7.56. The molecule has 0 bridgehead atoms. The summed E-state index contributed by atoms with van der Waals surface area (Å²) in [4.78, 5) is 31.6. The summed E-state index contributed by atoms with van der Waals surface area (Å²) in [5.74, 6) is -3.78.